The van der Waals surface area contributed by atoms with E-state index < -0.39 is 0 Å². The summed E-state index contributed by atoms with van der Waals surface area (Å²) in [5.41, 5.74) is 0. The van der Waals surface area contributed by atoms with Crippen LogP contribution in [0.1, 0.15) is 20.3 Å². The Balaban J connectivity index is 3.14. The third kappa shape index (κ3) is 3.41. The summed E-state index contributed by atoms with van der Waals surface area (Å²) < 4.78 is 2.06. The summed E-state index contributed by atoms with van der Waals surface area (Å²) in [5.74, 6) is 0. The Bertz CT molecular complexity index is 47.0. The fourth-order valence-electron chi connectivity index (χ4n) is 0.211. The van der Waals surface area contributed by atoms with E-state index in [1.807, 2.05) is 0 Å². The first-order chi connectivity index (χ1) is 3.18. The highest BCUT2D eigenvalue weighted by atomic mass is 31.1. The molecule has 0 bridgehead atoms. The van der Waals surface area contributed by atoms with Crippen molar-refractivity contribution < 1.29 is 0 Å². The number of hydrogen-bond acceptors (Lipinski definition) is 1. The molecule has 0 saturated carbocycles. The van der Waals surface area contributed by atoms with Gasteiger partial charge in [0.2, 0.25) is 0 Å². The lowest BCUT2D eigenvalue weighted by atomic mass is 10.3. The van der Waals surface area contributed by atoms with Crippen molar-refractivity contribution in [1.29, 1.82) is 0 Å². The largest absolute Gasteiger partial charge is 0.269 e. The van der Waals surface area contributed by atoms with Crippen LogP contribution in [-0.2, 0) is 0 Å². The molecule has 0 spiro atoms. The Kier molecular flexibility index (Phi) is 4.22. The van der Waals surface area contributed by atoms with Gasteiger partial charge < -0.3 is 0 Å². The van der Waals surface area contributed by atoms with E-state index in [0.717, 1.165) is 0 Å². The minimum absolute atomic E-state index is 0.662. The molecular formula is C4H13NP2. The van der Waals surface area contributed by atoms with Crippen LogP contribution in [0.3, 0.4) is 0 Å². The molecule has 3 unspecified atom stereocenters. The topological polar surface area (TPSA) is 3.24 Å². The second kappa shape index (κ2) is 3.78. The van der Waals surface area contributed by atoms with Crippen molar-refractivity contribution in [2.75, 3.05) is 0 Å². The molecule has 0 fully saturated rings. The van der Waals surface area contributed by atoms with Gasteiger partial charge in [-0.15, -0.1) is 0 Å². The molecule has 0 aliphatic heterocycles. The van der Waals surface area contributed by atoms with Crippen LogP contribution in [0.4, 0.5) is 0 Å². The molecule has 0 aromatic carbocycles. The van der Waals surface area contributed by atoms with E-state index in [1.165, 1.54) is 6.42 Å². The van der Waals surface area contributed by atoms with Crippen LogP contribution >= 0.6 is 18.8 Å². The average Bonchev–Trinajstić information content (AvgIpc) is 1.65. The van der Waals surface area contributed by atoms with E-state index in [2.05, 4.69) is 37.1 Å². The fourth-order valence-corrected chi connectivity index (χ4v) is 0.632. The van der Waals surface area contributed by atoms with E-state index in [1.54, 1.807) is 0 Å². The third-order valence-corrected chi connectivity index (χ3v) is 2.12. The first kappa shape index (κ1) is 7.82. The van der Waals surface area contributed by atoms with Crippen molar-refractivity contribution in [3.05, 3.63) is 0 Å². The molecule has 0 aromatic heterocycles. The number of nitrogens with zero attached hydrogens (tertiary/aromatic N) is 1. The van der Waals surface area contributed by atoms with E-state index in [9.17, 15) is 0 Å². The first-order valence-electron chi connectivity index (χ1n) is 2.47. The summed E-state index contributed by atoms with van der Waals surface area (Å²) in [7, 11) is 5.23. The van der Waals surface area contributed by atoms with Gasteiger partial charge in [0.25, 0.3) is 0 Å². The van der Waals surface area contributed by atoms with Crippen LogP contribution in [0.5, 0.6) is 0 Å². The molecule has 0 rings (SSSR count). The molecule has 0 saturated heterocycles. The van der Waals surface area contributed by atoms with Gasteiger partial charge in [-0.2, -0.15) is 0 Å². The maximum absolute atomic E-state index is 2.61. The summed E-state index contributed by atoms with van der Waals surface area (Å²) in [6, 6.07) is 0.662. The Hall–Kier alpha value is 0.820. The average molecular weight is 137 g/mol. The van der Waals surface area contributed by atoms with Crippen LogP contribution < -0.4 is 0 Å². The number of hydrogen-bond donors (Lipinski definition) is 0. The maximum atomic E-state index is 2.61. The monoisotopic (exact) mass is 137 g/mol. The zero-order valence-electron chi connectivity index (χ0n) is 4.89. The van der Waals surface area contributed by atoms with Crippen molar-refractivity contribution in [1.82, 2.24) is 4.44 Å². The molecule has 0 aliphatic rings. The Labute approximate surface area is 50.4 Å². The predicted octanol–water partition coefficient (Wildman–Crippen LogP) is 1.67. The number of rotatable bonds is 2. The van der Waals surface area contributed by atoms with Gasteiger partial charge in [0.15, 0.2) is 0 Å². The standard InChI is InChI=1S/C4H13NP2/c1-3-4(2)5(6)7/h4H,3,6-7H2,1-2H3. The van der Waals surface area contributed by atoms with Crippen molar-refractivity contribution in [2.45, 2.75) is 26.3 Å². The lowest BCUT2D eigenvalue weighted by Gasteiger charge is -2.15. The summed E-state index contributed by atoms with van der Waals surface area (Å²) in [6.07, 6.45) is 1.20. The van der Waals surface area contributed by atoms with E-state index in [0.29, 0.717) is 6.04 Å². The Morgan fingerprint density at radius 3 is 2.00 bits per heavy atom. The molecule has 44 valence electrons. The van der Waals surface area contributed by atoms with Gasteiger partial charge in [-0.05, 0) is 13.3 Å². The molecule has 0 radical (unpaired) electrons. The van der Waals surface area contributed by atoms with Gasteiger partial charge in [0.05, 0.1) is 0 Å². The van der Waals surface area contributed by atoms with Crippen LogP contribution in [-0.4, -0.2) is 10.5 Å². The highest BCUT2D eigenvalue weighted by Gasteiger charge is 1.97. The van der Waals surface area contributed by atoms with Crippen LogP contribution in [0.15, 0.2) is 0 Å². The van der Waals surface area contributed by atoms with Gasteiger partial charge in [-0.25, -0.2) is 0 Å². The van der Waals surface area contributed by atoms with Crippen LogP contribution in [0.25, 0.3) is 0 Å². The van der Waals surface area contributed by atoms with Gasteiger partial charge in [0, 0.05) is 6.04 Å². The second-order valence-electron chi connectivity index (χ2n) is 1.70. The summed E-state index contributed by atoms with van der Waals surface area (Å²) >= 11 is 0. The lowest BCUT2D eigenvalue weighted by Crippen LogP contribution is -2.10. The smallest absolute Gasteiger partial charge is 0.0133 e. The highest BCUT2D eigenvalue weighted by Crippen LogP contribution is 2.13. The van der Waals surface area contributed by atoms with Crippen molar-refractivity contribution in [2.24, 2.45) is 0 Å². The molecule has 0 aliphatic carbocycles. The van der Waals surface area contributed by atoms with E-state index in [4.69, 9.17) is 0 Å². The quantitative estimate of drug-likeness (QED) is 0.523. The third-order valence-electron chi connectivity index (χ3n) is 1.10. The zero-order chi connectivity index (χ0) is 5.86. The van der Waals surface area contributed by atoms with Gasteiger partial charge in [-0.3, -0.25) is 4.44 Å². The normalized spacial score (nSPS) is 15.0. The second-order valence-corrected chi connectivity index (χ2v) is 3.49. The minimum atomic E-state index is 0.662. The fraction of sp³-hybridized carbons (Fsp3) is 1.00. The molecule has 1 nitrogen and oxygen atoms in total. The maximum Gasteiger partial charge on any atom is 0.0133 e. The van der Waals surface area contributed by atoms with Gasteiger partial charge in [-0.1, -0.05) is 25.7 Å². The Morgan fingerprint density at radius 1 is 1.57 bits per heavy atom. The Morgan fingerprint density at radius 2 is 2.00 bits per heavy atom. The molecule has 0 amide bonds. The highest BCUT2D eigenvalue weighted by molar-refractivity contribution is 7.30. The zero-order valence-corrected chi connectivity index (χ0v) is 7.20. The minimum Gasteiger partial charge on any atom is -0.269 e. The summed E-state index contributed by atoms with van der Waals surface area (Å²) in [4.78, 5) is 0. The molecule has 0 aromatic rings. The molecule has 0 heterocycles. The molecule has 7 heavy (non-hydrogen) atoms. The SMILES string of the molecule is CCC(C)N(P)P. The molecular weight excluding hydrogens is 124 g/mol. The van der Waals surface area contributed by atoms with Crippen molar-refractivity contribution >= 4 is 18.8 Å². The molecule has 3 heteroatoms. The first-order valence-corrected chi connectivity index (χ1v) is 3.50. The van der Waals surface area contributed by atoms with Gasteiger partial charge >= 0.3 is 0 Å². The van der Waals surface area contributed by atoms with Gasteiger partial charge in [0.1, 0.15) is 0 Å². The lowest BCUT2D eigenvalue weighted by molar-refractivity contribution is 0.534. The summed E-state index contributed by atoms with van der Waals surface area (Å²) in [5, 5.41) is 0. The summed E-state index contributed by atoms with van der Waals surface area (Å²) in [6.45, 7) is 4.35. The van der Waals surface area contributed by atoms with E-state index >= 15 is 0 Å². The predicted molar refractivity (Wildman–Crippen MR) is 41.0 cm³/mol. The molecule has 3 atom stereocenters. The van der Waals surface area contributed by atoms with E-state index in [-0.39, 0.29) is 0 Å². The van der Waals surface area contributed by atoms with Crippen molar-refractivity contribution in [3.63, 3.8) is 0 Å². The molecule has 0 N–H and O–H groups in total. The van der Waals surface area contributed by atoms with Crippen LogP contribution in [0, 0.1) is 0 Å². The van der Waals surface area contributed by atoms with Crippen molar-refractivity contribution in [3.8, 4) is 0 Å². The van der Waals surface area contributed by atoms with Crippen LogP contribution in [0.2, 0.25) is 0 Å².